The molecule has 1 saturated carbocycles. The van der Waals surface area contributed by atoms with E-state index < -0.39 is 0 Å². The minimum atomic E-state index is -0.337. The zero-order valence-electron chi connectivity index (χ0n) is 18.7. The third-order valence-electron chi connectivity index (χ3n) is 5.33. The van der Waals surface area contributed by atoms with E-state index in [-0.39, 0.29) is 36.9 Å². The van der Waals surface area contributed by atoms with E-state index in [0.717, 1.165) is 18.4 Å². The van der Waals surface area contributed by atoms with Crippen LogP contribution in [0.2, 0.25) is 0 Å². The molecule has 0 aromatic heterocycles. The van der Waals surface area contributed by atoms with Gasteiger partial charge in [-0.1, -0.05) is 42.5 Å². The van der Waals surface area contributed by atoms with E-state index in [1.54, 1.807) is 31.2 Å². The number of hydrogen-bond donors (Lipinski definition) is 2. The van der Waals surface area contributed by atoms with E-state index in [1.807, 2.05) is 42.2 Å². The largest absolute Gasteiger partial charge is 0.465 e. The van der Waals surface area contributed by atoms with E-state index in [2.05, 4.69) is 10.6 Å². The number of hydrogen-bond acceptors (Lipinski definition) is 5. The van der Waals surface area contributed by atoms with Crippen LogP contribution in [-0.2, 0) is 14.3 Å². The van der Waals surface area contributed by atoms with Crippen molar-refractivity contribution >= 4 is 23.5 Å². The highest BCUT2D eigenvalue weighted by atomic mass is 16.5. The zero-order chi connectivity index (χ0) is 22.9. The minimum absolute atomic E-state index is 0.0612. The summed E-state index contributed by atoms with van der Waals surface area (Å²) in [6.45, 7) is 4.81. The van der Waals surface area contributed by atoms with Gasteiger partial charge in [-0.3, -0.25) is 19.3 Å². The van der Waals surface area contributed by atoms with Gasteiger partial charge < -0.3 is 15.4 Å². The number of carbonyl (C=O) groups is 3. The average molecular weight is 438 g/mol. The number of benzene rings is 2. The Morgan fingerprint density at radius 1 is 1.03 bits per heavy atom. The third kappa shape index (κ3) is 7.20. The lowest BCUT2D eigenvalue weighted by molar-refractivity contribution is -0.144. The highest BCUT2D eigenvalue weighted by Crippen LogP contribution is 2.29. The quantitative estimate of drug-likeness (QED) is 0.526. The van der Waals surface area contributed by atoms with Crippen LogP contribution in [0.25, 0.3) is 0 Å². The van der Waals surface area contributed by atoms with E-state index in [0.29, 0.717) is 30.3 Å². The lowest BCUT2D eigenvalue weighted by atomic mass is 10.1. The van der Waals surface area contributed by atoms with Crippen LogP contribution in [0.5, 0.6) is 0 Å². The molecule has 0 bridgehead atoms. The Labute approximate surface area is 189 Å². The molecule has 1 aliphatic carbocycles. The van der Waals surface area contributed by atoms with E-state index in [1.165, 1.54) is 0 Å². The monoisotopic (exact) mass is 437 g/mol. The first kappa shape index (κ1) is 23.5. The Morgan fingerprint density at radius 2 is 1.72 bits per heavy atom. The molecule has 2 aromatic rings. The average Bonchev–Trinajstić information content (AvgIpc) is 3.58. The van der Waals surface area contributed by atoms with Gasteiger partial charge in [-0.25, -0.2) is 0 Å². The summed E-state index contributed by atoms with van der Waals surface area (Å²) >= 11 is 0. The van der Waals surface area contributed by atoms with Crippen LogP contribution < -0.4 is 10.6 Å². The molecular weight excluding hydrogens is 406 g/mol. The maximum Gasteiger partial charge on any atom is 0.320 e. The molecule has 1 unspecified atom stereocenters. The lowest BCUT2D eigenvalue weighted by Crippen LogP contribution is -2.39. The van der Waals surface area contributed by atoms with Crippen molar-refractivity contribution in [1.82, 2.24) is 10.2 Å². The van der Waals surface area contributed by atoms with E-state index in [9.17, 15) is 14.4 Å². The van der Waals surface area contributed by atoms with Gasteiger partial charge >= 0.3 is 5.97 Å². The predicted octanol–water partition coefficient (Wildman–Crippen LogP) is 3.39. The molecule has 0 spiro atoms. The highest BCUT2D eigenvalue weighted by molar-refractivity contribution is 6.04. The summed E-state index contributed by atoms with van der Waals surface area (Å²) in [5.41, 5.74) is 1.83. The molecular formula is C25H31N3O4. The summed E-state index contributed by atoms with van der Waals surface area (Å²) in [6.07, 6.45) is 2.23. The molecule has 0 saturated heterocycles. The van der Waals surface area contributed by atoms with Crippen molar-refractivity contribution in [2.24, 2.45) is 5.92 Å². The molecule has 7 heteroatoms. The molecule has 2 aromatic carbocycles. The van der Waals surface area contributed by atoms with Crippen molar-refractivity contribution < 1.29 is 19.1 Å². The van der Waals surface area contributed by atoms with Crippen LogP contribution in [0, 0.1) is 5.92 Å². The van der Waals surface area contributed by atoms with Gasteiger partial charge in [0, 0.05) is 6.54 Å². The van der Waals surface area contributed by atoms with Gasteiger partial charge in [-0.05, 0) is 50.3 Å². The number of amides is 2. The summed E-state index contributed by atoms with van der Waals surface area (Å²) in [5, 5.41) is 5.82. The number of carbonyl (C=O) groups excluding carboxylic acids is 3. The summed E-state index contributed by atoms with van der Waals surface area (Å²) in [5.74, 6) is -0.352. The zero-order valence-corrected chi connectivity index (χ0v) is 18.7. The number of rotatable bonds is 11. The second-order valence-corrected chi connectivity index (χ2v) is 8.12. The van der Waals surface area contributed by atoms with E-state index in [4.69, 9.17) is 4.74 Å². The van der Waals surface area contributed by atoms with Crippen molar-refractivity contribution in [1.29, 1.82) is 0 Å². The number of nitrogens with zero attached hydrogens (tertiary/aromatic N) is 1. The van der Waals surface area contributed by atoms with E-state index >= 15 is 0 Å². The number of anilines is 1. The second-order valence-electron chi connectivity index (χ2n) is 8.12. The molecule has 0 heterocycles. The Bertz CT molecular complexity index is 928. The molecule has 170 valence electrons. The van der Waals surface area contributed by atoms with Crippen molar-refractivity contribution in [3.05, 3.63) is 65.7 Å². The summed E-state index contributed by atoms with van der Waals surface area (Å²) in [4.78, 5) is 39.4. The Balaban J connectivity index is 1.63. The topological polar surface area (TPSA) is 87.7 Å². The fraction of sp³-hybridized carbons (Fsp3) is 0.400. The van der Waals surface area contributed by atoms with Crippen molar-refractivity contribution in [3.63, 3.8) is 0 Å². The predicted molar refractivity (Wildman–Crippen MR) is 123 cm³/mol. The van der Waals surface area contributed by atoms with Crippen LogP contribution in [0.3, 0.4) is 0 Å². The smallest absolute Gasteiger partial charge is 0.320 e. The first-order valence-corrected chi connectivity index (χ1v) is 11.1. The highest BCUT2D eigenvalue weighted by Gasteiger charge is 2.27. The third-order valence-corrected chi connectivity index (χ3v) is 5.33. The van der Waals surface area contributed by atoms with Crippen LogP contribution >= 0.6 is 0 Å². The maximum absolute atomic E-state index is 12.9. The summed E-state index contributed by atoms with van der Waals surface area (Å²) < 4.78 is 5.03. The van der Waals surface area contributed by atoms with Crippen LogP contribution in [0.1, 0.15) is 48.7 Å². The molecule has 2 N–H and O–H groups in total. The normalized spacial score (nSPS) is 14.0. The second kappa shape index (κ2) is 11.4. The first-order chi connectivity index (χ1) is 15.5. The van der Waals surface area contributed by atoms with Crippen LogP contribution in [0.4, 0.5) is 5.69 Å². The van der Waals surface area contributed by atoms with Crippen LogP contribution in [-0.4, -0.2) is 48.9 Å². The van der Waals surface area contributed by atoms with Gasteiger partial charge in [0.1, 0.15) is 0 Å². The molecule has 1 aliphatic rings. The number of nitrogens with one attached hydrogen (secondary N) is 2. The van der Waals surface area contributed by atoms with Crippen molar-refractivity contribution in [3.8, 4) is 0 Å². The Morgan fingerprint density at radius 3 is 2.41 bits per heavy atom. The molecule has 1 atom stereocenters. The standard InChI is InChI=1S/C25H31N3O4/c1-3-32-24(30)17-28(15-19-13-14-19)16-23(29)27-22-12-8-7-11-21(22)25(31)26-18(2)20-9-5-4-6-10-20/h4-12,18-19H,3,13-17H2,1-2H3,(H,26,31)(H,27,29). The number of para-hydroxylation sites is 1. The minimum Gasteiger partial charge on any atom is -0.465 e. The molecule has 7 nitrogen and oxygen atoms in total. The summed E-state index contributed by atoms with van der Waals surface area (Å²) in [7, 11) is 0. The van der Waals surface area contributed by atoms with Gasteiger partial charge in [-0.2, -0.15) is 0 Å². The number of esters is 1. The fourth-order valence-electron chi connectivity index (χ4n) is 3.52. The summed E-state index contributed by atoms with van der Waals surface area (Å²) in [6, 6.07) is 16.4. The molecule has 3 rings (SSSR count). The first-order valence-electron chi connectivity index (χ1n) is 11.1. The maximum atomic E-state index is 12.9. The van der Waals surface area contributed by atoms with Gasteiger partial charge in [0.2, 0.25) is 5.91 Å². The van der Waals surface area contributed by atoms with Gasteiger partial charge in [0.05, 0.1) is 37.0 Å². The molecule has 1 fully saturated rings. The van der Waals surface area contributed by atoms with Crippen molar-refractivity contribution in [2.75, 3.05) is 31.6 Å². The van der Waals surface area contributed by atoms with Gasteiger partial charge in [-0.15, -0.1) is 0 Å². The van der Waals surface area contributed by atoms with Crippen molar-refractivity contribution in [2.45, 2.75) is 32.7 Å². The molecule has 0 radical (unpaired) electrons. The SMILES string of the molecule is CCOC(=O)CN(CC(=O)Nc1ccccc1C(=O)NC(C)c1ccccc1)CC1CC1. The molecule has 32 heavy (non-hydrogen) atoms. The lowest BCUT2D eigenvalue weighted by Gasteiger charge is -2.21. The Hall–Kier alpha value is -3.19. The number of ether oxygens (including phenoxy) is 1. The molecule has 0 aliphatic heterocycles. The van der Waals surface area contributed by atoms with Gasteiger partial charge in [0.15, 0.2) is 0 Å². The Kier molecular flexibility index (Phi) is 8.39. The van der Waals surface area contributed by atoms with Gasteiger partial charge in [0.25, 0.3) is 5.91 Å². The molecule has 2 amide bonds. The van der Waals surface area contributed by atoms with Crippen LogP contribution in [0.15, 0.2) is 54.6 Å². The fourth-order valence-corrected chi connectivity index (χ4v) is 3.52.